The first kappa shape index (κ1) is 18.2. The maximum Gasteiger partial charge on any atom is 0.254 e. The first-order valence-electron chi connectivity index (χ1n) is 9.39. The number of para-hydroxylation sites is 1. The van der Waals surface area contributed by atoms with Gasteiger partial charge in [0.25, 0.3) is 5.91 Å². The van der Waals surface area contributed by atoms with Crippen LogP contribution in [0.3, 0.4) is 0 Å². The predicted molar refractivity (Wildman–Crippen MR) is 116 cm³/mol. The Morgan fingerprint density at radius 3 is 2.79 bits per heavy atom. The quantitative estimate of drug-likeness (QED) is 0.532. The monoisotopic (exact) mass is 421 g/mol. The minimum absolute atomic E-state index is 0.0549. The van der Waals surface area contributed by atoms with E-state index in [-0.39, 0.29) is 5.91 Å². The second kappa shape index (κ2) is 7.88. The van der Waals surface area contributed by atoms with Crippen LogP contribution in [0, 0.1) is 0 Å². The van der Waals surface area contributed by atoms with E-state index in [1.165, 1.54) is 10.4 Å². The molecule has 1 aliphatic rings. The normalized spacial score (nSPS) is 13.2. The standard InChI is InChI=1S/C21H19N5OS2/c27-20(22-12-18-24-23-14-26(18)15-6-2-1-3-7-15)19-16-8-11-28-13-17(16)29-21(19)25-9-4-5-10-25/h1-7,9-10,14H,8,11-13H2,(H,22,27). The summed E-state index contributed by atoms with van der Waals surface area (Å²) in [4.78, 5) is 14.6. The lowest BCUT2D eigenvalue weighted by molar-refractivity contribution is 0.0949. The van der Waals surface area contributed by atoms with Crippen LogP contribution in [0.1, 0.15) is 26.6 Å². The number of amides is 1. The highest BCUT2D eigenvalue weighted by Gasteiger charge is 2.26. The molecular weight excluding hydrogens is 402 g/mol. The SMILES string of the molecule is O=C(NCc1nncn1-c1ccccc1)c1c(-n2cccc2)sc2c1CCSC2. The molecule has 0 fully saturated rings. The maximum absolute atomic E-state index is 13.3. The molecule has 1 amide bonds. The fraction of sp³-hybridized carbons (Fsp3) is 0.190. The number of thiophene rings is 1. The molecule has 0 atom stereocenters. The molecule has 29 heavy (non-hydrogen) atoms. The van der Waals surface area contributed by atoms with Gasteiger partial charge < -0.3 is 9.88 Å². The summed E-state index contributed by atoms with van der Waals surface area (Å²) >= 11 is 3.65. The van der Waals surface area contributed by atoms with Crippen LogP contribution in [0.5, 0.6) is 0 Å². The van der Waals surface area contributed by atoms with Crippen molar-refractivity contribution < 1.29 is 4.79 Å². The number of benzene rings is 1. The van der Waals surface area contributed by atoms with Crippen LogP contribution >= 0.6 is 23.1 Å². The number of aromatic nitrogens is 4. The average molecular weight is 422 g/mol. The molecule has 5 rings (SSSR count). The van der Waals surface area contributed by atoms with Gasteiger partial charge in [-0.15, -0.1) is 21.5 Å². The summed E-state index contributed by atoms with van der Waals surface area (Å²) in [6.07, 6.45) is 6.59. The molecule has 0 aliphatic carbocycles. The third kappa shape index (κ3) is 3.49. The highest BCUT2D eigenvalue weighted by atomic mass is 32.2. The van der Waals surface area contributed by atoms with Crippen LogP contribution in [0.15, 0.2) is 61.2 Å². The average Bonchev–Trinajstić information content (AvgIpc) is 3.51. The topological polar surface area (TPSA) is 64.7 Å². The summed E-state index contributed by atoms with van der Waals surface area (Å²) in [5.74, 6) is 2.67. The van der Waals surface area contributed by atoms with Gasteiger partial charge in [0, 0.05) is 28.7 Å². The van der Waals surface area contributed by atoms with Gasteiger partial charge in [-0.1, -0.05) is 18.2 Å². The zero-order valence-corrected chi connectivity index (χ0v) is 17.2. The van der Waals surface area contributed by atoms with Gasteiger partial charge in [-0.2, -0.15) is 11.8 Å². The van der Waals surface area contributed by atoms with Crippen molar-refractivity contribution in [2.75, 3.05) is 5.75 Å². The molecule has 1 aliphatic heterocycles. The molecule has 1 N–H and O–H groups in total. The number of carbonyl (C=O) groups excluding carboxylic acids is 1. The number of fused-ring (bicyclic) bond motifs is 1. The Kier molecular flexibility index (Phi) is 4.95. The lowest BCUT2D eigenvalue weighted by atomic mass is 10.1. The second-order valence-electron chi connectivity index (χ2n) is 6.71. The van der Waals surface area contributed by atoms with Crippen molar-refractivity contribution in [2.24, 2.45) is 0 Å². The highest BCUT2D eigenvalue weighted by Crippen LogP contribution is 2.38. The van der Waals surface area contributed by atoms with Crippen molar-refractivity contribution in [3.05, 3.63) is 83.0 Å². The lowest BCUT2D eigenvalue weighted by Crippen LogP contribution is -2.26. The van der Waals surface area contributed by atoms with Gasteiger partial charge in [0.2, 0.25) is 0 Å². The summed E-state index contributed by atoms with van der Waals surface area (Å²) in [5.41, 5.74) is 2.96. The van der Waals surface area contributed by atoms with E-state index in [1.54, 1.807) is 17.7 Å². The maximum atomic E-state index is 13.3. The molecule has 8 heteroatoms. The molecule has 0 saturated heterocycles. The Bertz CT molecular complexity index is 1130. The number of rotatable bonds is 5. The molecule has 146 valence electrons. The summed E-state index contributed by atoms with van der Waals surface area (Å²) in [6, 6.07) is 13.9. The first-order chi connectivity index (χ1) is 14.3. The van der Waals surface area contributed by atoms with Crippen molar-refractivity contribution in [3.8, 4) is 10.7 Å². The largest absolute Gasteiger partial charge is 0.345 e. The van der Waals surface area contributed by atoms with E-state index in [1.807, 2.05) is 75.8 Å². The van der Waals surface area contributed by atoms with Crippen molar-refractivity contribution in [3.63, 3.8) is 0 Å². The van der Waals surface area contributed by atoms with Gasteiger partial charge in [0.15, 0.2) is 5.82 Å². The Morgan fingerprint density at radius 1 is 1.14 bits per heavy atom. The van der Waals surface area contributed by atoms with E-state index in [0.717, 1.165) is 34.2 Å². The number of nitrogens with zero attached hydrogens (tertiary/aromatic N) is 4. The van der Waals surface area contributed by atoms with Crippen molar-refractivity contribution in [1.82, 2.24) is 24.6 Å². The Morgan fingerprint density at radius 2 is 1.97 bits per heavy atom. The highest BCUT2D eigenvalue weighted by molar-refractivity contribution is 7.98. The molecule has 0 bridgehead atoms. The zero-order valence-electron chi connectivity index (χ0n) is 15.6. The molecule has 1 aromatic carbocycles. The molecule has 0 radical (unpaired) electrons. The summed E-state index contributed by atoms with van der Waals surface area (Å²) in [7, 11) is 0. The number of hydrogen-bond acceptors (Lipinski definition) is 5. The van der Waals surface area contributed by atoms with E-state index in [0.29, 0.717) is 12.4 Å². The van der Waals surface area contributed by atoms with Crippen LogP contribution in [0.4, 0.5) is 0 Å². The van der Waals surface area contributed by atoms with E-state index in [2.05, 4.69) is 15.5 Å². The molecule has 0 saturated carbocycles. The van der Waals surface area contributed by atoms with Gasteiger partial charge in [-0.05, 0) is 42.0 Å². The van der Waals surface area contributed by atoms with Crippen LogP contribution in [0.25, 0.3) is 10.7 Å². The predicted octanol–water partition coefficient (Wildman–Crippen LogP) is 3.84. The van der Waals surface area contributed by atoms with Crippen molar-refractivity contribution in [1.29, 1.82) is 0 Å². The molecule has 4 heterocycles. The molecule has 6 nitrogen and oxygen atoms in total. The van der Waals surface area contributed by atoms with E-state index < -0.39 is 0 Å². The number of nitrogens with one attached hydrogen (secondary N) is 1. The van der Waals surface area contributed by atoms with Crippen molar-refractivity contribution >= 4 is 29.0 Å². The van der Waals surface area contributed by atoms with Gasteiger partial charge >= 0.3 is 0 Å². The minimum Gasteiger partial charge on any atom is -0.345 e. The van der Waals surface area contributed by atoms with Crippen molar-refractivity contribution in [2.45, 2.75) is 18.7 Å². The minimum atomic E-state index is -0.0549. The zero-order chi connectivity index (χ0) is 19.6. The van der Waals surface area contributed by atoms with Gasteiger partial charge in [-0.25, -0.2) is 0 Å². The summed E-state index contributed by atoms with van der Waals surface area (Å²) in [5, 5.41) is 12.3. The molecule has 0 spiro atoms. The third-order valence-corrected chi connectivity index (χ3v) is 7.34. The Balaban J connectivity index is 1.43. The Hall–Kier alpha value is -2.84. The fourth-order valence-corrected chi connectivity index (χ4v) is 5.98. The number of hydrogen-bond donors (Lipinski definition) is 1. The summed E-state index contributed by atoms with van der Waals surface area (Å²) < 4.78 is 3.93. The first-order valence-corrected chi connectivity index (χ1v) is 11.4. The lowest BCUT2D eigenvalue weighted by Gasteiger charge is -2.13. The second-order valence-corrected chi connectivity index (χ2v) is 8.90. The Labute approximate surface area is 176 Å². The van der Waals surface area contributed by atoms with E-state index >= 15 is 0 Å². The van der Waals surface area contributed by atoms with E-state index in [4.69, 9.17) is 0 Å². The van der Waals surface area contributed by atoms with Crippen LogP contribution in [-0.4, -0.2) is 31.0 Å². The number of carbonyl (C=O) groups is 1. The van der Waals surface area contributed by atoms with Crippen LogP contribution < -0.4 is 5.32 Å². The van der Waals surface area contributed by atoms with Crippen LogP contribution in [-0.2, 0) is 18.7 Å². The third-order valence-electron chi connectivity index (χ3n) is 4.93. The molecule has 3 aromatic heterocycles. The number of thioether (sulfide) groups is 1. The van der Waals surface area contributed by atoms with Gasteiger partial charge in [-0.3, -0.25) is 9.36 Å². The molecular formula is C21H19N5OS2. The molecule has 4 aromatic rings. The van der Waals surface area contributed by atoms with Gasteiger partial charge in [0.05, 0.1) is 12.1 Å². The fourth-order valence-electron chi connectivity index (χ4n) is 3.54. The summed E-state index contributed by atoms with van der Waals surface area (Å²) in [6.45, 7) is 0.318. The van der Waals surface area contributed by atoms with Gasteiger partial charge in [0.1, 0.15) is 11.3 Å². The van der Waals surface area contributed by atoms with Crippen LogP contribution in [0.2, 0.25) is 0 Å². The smallest absolute Gasteiger partial charge is 0.254 e. The molecule has 0 unspecified atom stereocenters. The van der Waals surface area contributed by atoms with E-state index in [9.17, 15) is 4.79 Å².